The van der Waals surface area contributed by atoms with Crippen LogP contribution in [0.1, 0.15) is 5.56 Å². The highest BCUT2D eigenvalue weighted by molar-refractivity contribution is 7.80. The summed E-state index contributed by atoms with van der Waals surface area (Å²) in [5, 5.41) is 5.64. The van der Waals surface area contributed by atoms with Gasteiger partial charge < -0.3 is 19.9 Å². The number of nitrogens with zero attached hydrogens (tertiary/aromatic N) is 3. The number of nitrogens with one attached hydrogen (secondary N) is 2. The first-order valence-electron chi connectivity index (χ1n) is 10.9. The largest absolute Gasteiger partial charge is 0.456 e. The Bertz CT molecular complexity index is 1570. The molecule has 0 spiro atoms. The molecule has 0 aliphatic rings. The number of amides is 1. The Labute approximate surface area is 239 Å². The normalized spacial score (nSPS) is 10.3. The number of halogens is 3. The fraction of sp³-hybridized carbons (Fsp3) is 0.0769. The van der Waals surface area contributed by atoms with Gasteiger partial charge in [0, 0.05) is 37.4 Å². The molecule has 0 fully saturated rings. The molecule has 5 aromatic rings. The van der Waals surface area contributed by atoms with Crippen LogP contribution >= 0.6 is 48.4 Å². The lowest BCUT2D eigenvalue weighted by molar-refractivity contribution is -0.119. The van der Waals surface area contributed by atoms with Gasteiger partial charge in [-0.3, -0.25) is 9.78 Å². The van der Waals surface area contributed by atoms with Crippen molar-refractivity contribution in [2.45, 2.75) is 6.42 Å². The summed E-state index contributed by atoms with van der Waals surface area (Å²) in [6.45, 7) is 0. The van der Waals surface area contributed by atoms with Crippen LogP contribution in [0.25, 0.3) is 20.9 Å². The Morgan fingerprint density at radius 1 is 1.08 bits per heavy atom. The number of aryl methyl sites for hydroxylation is 1. The van der Waals surface area contributed by atoms with Gasteiger partial charge in [-0.15, -0.1) is 36.2 Å². The van der Waals surface area contributed by atoms with Crippen molar-refractivity contribution in [1.82, 2.24) is 19.9 Å². The molecule has 0 saturated heterocycles. The van der Waals surface area contributed by atoms with Crippen LogP contribution in [0.3, 0.4) is 0 Å². The molecule has 0 aliphatic carbocycles. The maximum absolute atomic E-state index is 13.7. The van der Waals surface area contributed by atoms with Crippen molar-refractivity contribution in [3.63, 3.8) is 0 Å². The number of aromatic nitrogens is 3. The van der Waals surface area contributed by atoms with E-state index in [0.717, 1.165) is 20.9 Å². The monoisotopic (exact) mass is 589 g/mol. The molecular weight excluding hydrogens is 568 g/mol. The minimum Gasteiger partial charge on any atom is -0.456 e. The number of thiophene rings is 1. The van der Waals surface area contributed by atoms with E-state index in [1.807, 2.05) is 29.9 Å². The van der Waals surface area contributed by atoms with Gasteiger partial charge in [0.05, 0.1) is 21.5 Å². The van der Waals surface area contributed by atoms with E-state index in [-0.39, 0.29) is 36.3 Å². The van der Waals surface area contributed by atoms with Gasteiger partial charge in [-0.05, 0) is 54.2 Å². The van der Waals surface area contributed by atoms with Crippen LogP contribution in [-0.2, 0) is 18.3 Å². The first-order valence-corrected chi connectivity index (χ1v) is 12.2. The Balaban J connectivity index is 0.00000200. The highest BCUT2D eigenvalue weighted by Crippen LogP contribution is 2.38. The van der Waals surface area contributed by atoms with Crippen LogP contribution in [0, 0.1) is 5.82 Å². The number of ether oxygens (including phenoxy) is 1. The van der Waals surface area contributed by atoms with Crippen molar-refractivity contribution < 1.29 is 13.9 Å². The summed E-state index contributed by atoms with van der Waals surface area (Å²) in [6, 6.07) is 17.1. The summed E-state index contributed by atoms with van der Waals surface area (Å²) in [5.74, 6) is 1.37. The predicted octanol–water partition coefficient (Wildman–Crippen LogP) is 6.53. The van der Waals surface area contributed by atoms with Gasteiger partial charge in [0.15, 0.2) is 5.11 Å². The third kappa shape index (κ3) is 6.65. The van der Waals surface area contributed by atoms with E-state index in [1.54, 1.807) is 66.2 Å². The minimum atomic E-state index is -0.427. The van der Waals surface area contributed by atoms with Crippen molar-refractivity contribution in [1.29, 1.82) is 0 Å². The average Bonchev–Trinajstić information content (AvgIpc) is 3.48. The summed E-state index contributed by atoms with van der Waals surface area (Å²) in [6.07, 6.45) is 5.28. The van der Waals surface area contributed by atoms with E-state index in [1.165, 1.54) is 6.07 Å². The van der Waals surface area contributed by atoms with Crippen molar-refractivity contribution in [3.8, 4) is 22.2 Å². The molecule has 1 amide bonds. The molecule has 5 rings (SSSR count). The quantitative estimate of drug-likeness (QED) is 0.219. The molecule has 3 heterocycles. The topological polar surface area (TPSA) is 81.1 Å². The second-order valence-electron chi connectivity index (χ2n) is 7.89. The van der Waals surface area contributed by atoms with Gasteiger partial charge >= 0.3 is 0 Å². The van der Waals surface area contributed by atoms with Crippen molar-refractivity contribution in [3.05, 3.63) is 90.6 Å². The summed E-state index contributed by atoms with van der Waals surface area (Å²) in [7, 11) is 1.95. The van der Waals surface area contributed by atoms with Crippen LogP contribution < -0.4 is 15.4 Å². The van der Waals surface area contributed by atoms with Crippen molar-refractivity contribution >= 4 is 75.3 Å². The Kier molecular flexibility index (Phi) is 9.76. The molecule has 2 aromatic carbocycles. The van der Waals surface area contributed by atoms with Crippen LogP contribution in [0.4, 0.5) is 10.1 Å². The van der Waals surface area contributed by atoms with Gasteiger partial charge in [-0.2, -0.15) is 0 Å². The Morgan fingerprint density at radius 3 is 2.55 bits per heavy atom. The maximum atomic E-state index is 13.7. The first kappa shape index (κ1) is 29.0. The van der Waals surface area contributed by atoms with E-state index in [9.17, 15) is 9.18 Å². The highest BCUT2D eigenvalue weighted by atomic mass is 35.5. The third-order valence-corrected chi connectivity index (χ3v) is 6.66. The van der Waals surface area contributed by atoms with Gasteiger partial charge in [0.1, 0.15) is 23.1 Å². The van der Waals surface area contributed by atoms with Crippen LogP contribution in [0.5, 0.6) is 11.5 Å². The van der Waals surface area contributed by atoms with Crippen molar-refractivity contribution in [2.75, 3.05) is 5.32 Å². The smallest absolute Gasteiger partial charge is 0.230 e. The second kappa shape index (κ2) is 12.8. The fourth-order valence-corrected chi connectivity index (χ4v) is 4.93. The third-order valence-electron chi connectivity index (χ3n) is 5.32. The second-order valence-corrected chi connectivity index (χ2v) is 9.35. The van der Waals surface area contributed by atoms with Crippen LogP contribution in [0.15, 0.2) is 79.3 Å². The van der Waals surface area contributed by atoms with E-state index in [4.69, 9.17) is 17.0 Å². The molecule has 0 unspecified atom stereocenters. The Hall–Kier alpha value is -3.57. The van der Waals surface area contributed by atoms with E-state index in [0.29, 0.717) is 22.7 Å². The van der Waals surface area contributed by atoms with Crippen LogP contribution in [-0.4, -0.2) is 25.6 Å². The number of benzene rings is 2. The van der Waals surface area contributed by atoms with Crippen LogP contribution in [0.2, 0.25) is 0 Å². The maximum Gasteiger partial charge on any atom is 0.230 e. The van der Waals surface area contributed by atoms with E-state index < -0.39 is 11.7 Å². The molecule has 0 saturated carbocycles. The van der Waals surface area contributed by atoms with Gasteiger partial charge in [-0.25, -0.2) is 9.37 Å². The van der Waals surface area contributed by atoms with Gasteiger partial charge in [0.2, 0.25) is 5.91 Å². The molecular formula is C26H22Cl2FN5O2S2. The summed E-state index contributed by atoms with van der Waals surface area (Å²) in [4.78, 5) is 22.1. The number of rotatable bonds is 6. The fourth-order valence-electron chi connectivity index (χ4n) is 3.59. The molecule has 2 N–H and O–H groups in total. The number of hydrogen-bond donors (Lipinski definition) is 2. The lowest BCUT2D eigenvalue weighted by Crippen LogP contribution is -2.35. The SMILES string of the molecule is Cl.Cl.Cn1ccnc1-c1cc2nccc(Oc3ccc(NC(=S)NC(=O)Cc4ccccc4F)cc3)c2s1. The number of hydrogen-bond acceptors (Lipinski definition) is 6. The van der Waals surface area contributed by atoms with E-state index >= 15 is 0 Å². The Morgan fingerprint density at radius 2 is 1.84 bits per heavy atom. The lowest BCUT2D eigenvalue weighted by atomic mass is 10.1. The minimum absolute atomic E-state index is 0. The summed E-state index contributed by atoms with van der Waals surface area (Å²) < 4.78 is 22.8. The first-order chi connectivity index (χ1) is 17.5. The molecule has 12 heteroatoms. The summed E-state index contributed by atoms with van der Waals surface area (Å²) in [5.41, 5.74) is 1.82. The van der Waals surface area contributed by atoms with Gasteiger partial charge in [0.25, 0.3) is 0 Å². The zero-order valence-electron chi connectivity index (χ0n) is 19.9. The number of carbonyl (C=O) groups is 1. The number of pyridine rings is 1. The summed E-state index contributed by atoms with van der Waals surface area (Å²) >= 11 is 6.79. The number of imidazole rings is 1. The molecule has 38 heavy (non-hydrogen) atoms. The molecule has 0 radical (unpaired) electrons. The molecule has 0 atom stereocenters. The average molecular weight is 591 g/mol. The molecule has 0 bridgehead atoms. The van der Waals surface area contributed by atoms with E-state index in [2.05, 4.69) is 20.6 Å². The van der Waals surface area contributed by atoms with Gasteiger partial charge in [-0.1, -0.05) is 18.2 Å². The standard InChI is InChI=1S/C26H20FN5O2S2.2ClH/c1-32-13-12-29-25(32)22-15-20-24(36-22)21(10-11-28-20)34-18-8-6-17(7-9-18)30-26(35)31-23(33)14-16-4-2-3-5-19(16)27;;/h2-13,15H,14H2,1H3,(H2,30,31,33,35);2*1H. The molecule has 196 valence electrons. The number of anilines is 1. The lowest BCUT2D eigenvalue weighted by Gasteiger charge is -2.11. The number of fused-ring (bicyclic) bond motifs is 1. The van der Waals surface area contributed by atoms with Crippen molar-refractivity contribution in [2.24, 2.45) is 7.05 Å². The predicted molar refractivity (Wildman–Crippen MR) is 157 cm³/mol. The number of carbonyl (C=O) groups excluding carboxylic acids is 1. The molecule has 7 nitrogen and oxygen atoms in total. The molecule has 0 aliphatic heterocycles. The molecule has 3 aromatic heterocycles. The number of thiocarbonyl (C=S) groups is 1. The zero-order chi connectivity index (χ0) is 25.1. The highest BCUT2D eigenvalue weighted by Gasteiger charge is 2.14. The zero-order valence-corrected chi connectivity index (χ0v) is 23.1.